The molecule has 0 saturated carbocycles. The van der Waals surface area contributed by atoms with Gasteiger partial charge in [0.2, 0.25) is 5.91 Å². The highest BCUT2D eigenvalue weighted by Gasteiger charge is 2.22. The van der Waals surface area contributed by atoms with Crippen LogP contribution < -0.4 is 0 Å². The molecular weight excluding hydrogens is 202 g/mol. The van der Waals surface area contributed by atoms with E-state index in [1.807, 2.05) is 11.7 Å². The first kappa shape index (κ1) is 11.2. The Morgan fingerprint density at radius 3 is 2.69 bits per heavy atom. The molecule has 0 aromatic carbocycles. The van der Waals surface area contributed by atoms with Crippen molar-refractivity contribution < 1.29 is 4.79 Å². The van der Waals surface area contributed by atoms with Crippen molar-refractivity contribution in [2.24, 2.45) is 0 Å². The first-order valence-electron chi connectivity index (χ1n) is 5.81. The third-order valence-corrected chi connectivity index (χ3v) is 3.30. The largest absolute Gasteiger partial charge is 0.344 e. The zero-order chi connectivity index (χ0) is 11.9. The molecule has 4 heteroatoms. The molecule has 0 saturated heterocycles. The van der Waals surface area contributed by atoms with Gasteiger partial charge in [0.1, 0.15) is 6.54 Å². The van der Waals surface area contributed by atoms with Crippen molar-refractivity contribution in [3.8, 4) is 0 Å². The monoisotopic (exact) mass is 221 g/mol. The van der Waals surface area contributed by atoms with Crippen LogP contribution in [0, 0.1) is 6.92 Å². The summed E-state index contributed by atoms with van der Waals surface area (Å²) in [6.07, 6.45) is 0.911. The molecule has 0 aliphatic carbocycles. The van der Waals surface area contributed by atoms with Gasteiger partial charge in [-0.25, -0.2) is 0 Å². The maximum Gasteiger partial charge on any atom is 0.244 e. The van der Waals surface area contributed by atoms with Gasteiger partial charge in [-0.15, -0.1) is 0 Å². The van der Waals surface area contributed by atoms with E-state index >= 15 is 0 Å². The number of hydrogen-bond donors (Lipinski definition) is 0. The number of nitrogens with zero attached hydrogens (tertiary/aromatic N) is 3. The van der Waals surface area contributed by atoms with E-state index in [0.717, 1.165) is 18.7 Å². The van der Waals surface area contributed by atoms with Crippen molar-refractivity contribution >= 4 is 5.91 Å². The van der Waals surface area contributed by atoms with Crippen LogP contribution in [0.3, 0.4) is 0 Å². The van der Waals surface area contributed by atoms with Crippen molar-refractivity contribution in [3.05, 3.63) is 17.0 Å². The number of carbonyl (C=O) groups is 1. The molecule has 16 heavy (non-hydrogen) atoms. The molecule has 0 atom stereocenters. The summed E-state index contributed by atoms with van der Waals surface area (Å²) in [4.78, 5) is 13.5. The van der Waals surface area contributed by atoms with E-state index in [0.29, 0.717) is 12.5 Å². The first-order chi connectivity index (χ1) is 7.50. The van der Waals surface area contributed by atoms with Gasteiger partial charge in [0.15, 0.2) is 0 Å². The molecule has 88 valence electrons. The molecule has 0 radical (unpaired) electrons. The quantitative estimate of drug-likeness (QED) is 0.717. The maximum absolute atomic E-state index is 11.7. The van der Waals surface area contributed by atoms with Gasteiger partial charge in [0.05, 0.1) is 5.69 Å². The summed E-state index contributed by atoms with van der Waals surface area (Å²) in [5.74, 6) is 0.573. The fourth-order valence-electron chi connectivity index (χ4n) is 2.25. The van der Waals surface area contributed by atoms with E-state index in [4.69, 9.17) is 0 Å². The van der Waals surface area contributed by atoms with Crippen LogP contribution in [0.1, 0.15) is 36.7 Å². The lowest BCUT2D eigenvalue weighted by atomic mass is 10.0. The summed E-state index contributed by atoms with van der Waals surface area (Å²) in [7, 11) is 1.85. The maximum atomic E-state index is 11.7. The Hall–Kier alpha value is -1.32. The Kier molecular flexibility index (Phi) is 2.74. The van der Waals surface area contributed by atoms with Gasteiger partial charge in [-0.05, 0) is 18.4 Å². The molecule has 1 aliphatic rings. The van der Waals surface area contributed by atoms with Crippen LogP contribution in [0.5, 0.6) is 0 Å². The van der Waals surface area contributed by atoms with E-state index in [1.54, 1.807) is 4.90 Å². The van der Waals surface area contributed by atoms with Crippen molar-refractivity contribution in [2.75, 3.05) is 13.6 Å². The summed E-state index contributed by atoms with van der Waals surface area (Å²) < 4.78 is 1.89. The summed E-state index contributed by atoms with van der Waals surface area (Å²) in [5.41, 5.74) is 3.62. The molecule has 1 amide bonds. The average molecular weight is 221 g/mol. The van der Waals surface area contributed by atoms with Crippen LogP contribution in [0.2, 0.25) is 0 Å². The molecule has 1 aliphatic heterocycles. The van der Waals surface area contributed by atoms with Crippen LogP contribution >= 0.6 is 0 Å². The van der Waals surface area contributed by atoms with E-state index in [-0.39, 0.29) is 5.91 Å². The van der Waals surface area contributed by atoms with Gasteiger partial charge in [-0.3, -0.25) is 9.48 Å². The summed E-state index contributed by atoms with van der Waals surface area (Å²) in [5, 5.41) is 4.56. The SMILES string of the molecule is Cc1c(C(C)C)nn2c1CCN(C)C(=O)C2. The van der Waals surface area contributed by atoms with Gasteiger partial charge >= 0.3 is 0 Å². The van der Waals surface area contributed by atoms with Gasteiger partial charge in [-0.1, -0.05) is 13.8 Å². The van der Waals surface area contributed by atoms with Crippen LogP contribution in [0.4, 0.5) is 0 Å². The smallest absolute Gasteiger partial charge is 0.244 e. The molecule has 0 unspecified atom stereocenters. The highest BCUT2D eigenvalue weighted by molar-refractivity contribution is 5.76. The van der Waals surface area contributed by atoms with Gasteiger partial charge in [0, 0.05) is 25.7 Å². The van der Waals surface area contributed by atoms with Crippen molar-refractivity contribution in [1.29, 1.82) is 0 Å². The highest BCUT2D eigenvalue weighted by Crippen LogP contribution is 2.22. The second-order valence-electron chi connectivity index (χ2n) is 4.83. The molecule has 0 spiro atoms. The van der Waals surface area contributed by atoms with E-state index < -0.39 is 0 Å². The molecule has 0 bridgehead atoms. The third kappa shape index (κ3) is 1.72. The van der Waals surface area contributed by atoms with Crippen LogP contribution in [0.15, 0.2) is 0 Å². The molecule has 0 N–H and O–H groups in total. The number of carbonyl (C=O) groups excluding carboxylic acids is 1. The number of amides is 1. The Labute approximate surface area is 96.2 Å². The molecule has 1 aromatic heterocycles. The number of fused-ring (bicyclic) bond motifs is 1. The van der Waals surface area contributed by atoms with Gasteiger partial charge < -0.3 is 4.90 Å². The van der Waals surface area contributed by atoms with Gasteiger partial charge in [-0.2, -0.15) is 5.10 Å². The molecular formula is C12H19N3O. The third-order valence-electron chi connectivity index (χ3n) is 3.30. The summed E-state index contributed by atoms with van der Waals surface area (Å²) in [6, 6.07) is 0. The van der Waals surface area contributed by atoms with Crippen molar-refractivity contribution in [2.45, 2.75) is 39.7 Å². The molecule has 2 rings (SSSR count). The average Bonchev–Trinajstić information content (AvgIpc) is 2.44. The second kappa shape index (κ2) is 3.92. The van der Waals surface area contributed by atoms with E-state index in [2.05, 4.69) is 25.9 Å². The predicted molar refractivity (Wildman–Crippen MR) is 62.4 cm³/mol. The van der Waals surface area contributed by atoms with Gasteiger partial charge in [0.25, 0.3) is 0 Å². The fourth-order valence-corrected chi connectivity index (χ4v) is 2.25. The Morgan fingerprint density at radius 2 is 2.06 bits per heavy atom. The lowest BCUT2D eigenvalue weighted by Gasteiger charge is -2.12. The molecule has 2 heterocycles. The summed E-state index contributed by atoms with van der Waals surface area (Å²) >= 11 is 0. The van der Waals surface area contributed by atoms with Crippen molar-refractivity contribution in [3.63, 3.8) is 0 Å². The first-order valence-corrected chi connectivity index (χ1v) is 5.81. The van der Waals surface area contributed by atoms with E-state index in [9.17, 15) is 4.79 Å². The van der Waals surface area contributed by atoms with Crippen LogP contribution in [0.25, 0.3) is 0 Å². The Balaban J connectivity index is 2.41. The number of rotatable bonds is 1. The number of hydrogen-bond acceptors (Lipinski definition) is 2. The molecule has 4 nitrogen and oxygen atoms in total. The lowest BCUT2D eigenvalue weighted by molar-refractivity contribution is -0.130. The normalized spacial score (nSPS) is 16.6. The predicted octanol–water partition coefficient (Wildman–Crippen LogP) is 1.33. The van der Waals surface area contributed by atoms with Crippen LogP contribution in [-0.4, -0.2) is 34.2 Å². The minimum atomic E-state index is 0.150. The zero-order valence-corrected chi connectivity index (χ0v) is 10.4. The number of aromatic nitrogens is 2. The minimum Gasteiger partial charge on any atom is -0.344 e. The molecule has 1 aromatic rings. The lowest BCUT2D eigenvalue weighted by Crippen LogP contribution is -2.29. The number of likely N-dealkylation sites (N-methyl/N-ethyl adjacent to an activating group) is 1. The zero-order valence-electron chi connectivity index (χ0n) is 10.4. The standard InChI is InChI=1S/C12H19N3O/c1-8(2)12-9(3)10-5-6-14(4)11(16)7-15(10)13-12/h8H,5-7H2,1-4H3. The topological polar surface area (TPSA) is 38.1 Å². The second-order valence-corrected chi connectivity index (χ2v) is 4.83. The van der Waals surface area contributed by atoms with Crippen LogP contribution in [-0.2, 0) is 17.8 Å². The highest BCUT2D eigenvalue weighted by atomic mass is 16.2. The summed E-state index contributed by atoms with van der Waals surface area (Å²) in [6.45, 7) is 7.58. The Morgan fingerprint density at radius 1 is 1.38 bits per heavy atom. The van der Waals surface area contributed by atoms with E-state index in [1.165, 1.54) is 11.3 Å². The Bertz CT molecular complexity index is 420. The minimum absolute atomic E-state index is 0.150. The fraction of sp³-hybridized carbons (Fsp3) is 0.667. The molecule has 0 fully saturated rings. The van der Waals surface area contributed by atoms with Crippen molar-refractivity contribution in [1.82, 2.24) is 14.7 Å².